The van der Waals surface area contributed by atoms with Crippen LogP contribution >= 0.6 is 0 Å². The third kappa shape index (κ3) is 3.87. The van der Waals surface area contributed by atoms with Crippen LogP contribution in [0.3, 0.4) is 0 Å². The third-order valence-electron chi connectivity index (χ3n) is 2.20. The van der Waals surface area contributed by atoms with Gasteiger partial charge in [-0.1, -0.05) is 12.0 Å². The van der Waals surface area contributed by atoms with Gasteiger partial charge in [-0.25, -0.2) is 0 Å². The van der Waals surface area contributed by atoms with E-state index in [1.165, 1.54) is 6.08 Å². The first-order chi connectivity index (χ1) is 8.71. The Morgan fingerprint density at radius 2 is 2.11 bits per heavy atom. The first-order valence-corrected chi connectivity index (χ1v) is 5.32. The van der Waals surface area contributed by atoms with Gasteiger partial charge in [0.05, 0.1) is 20.8 Å². The van der Waals surface area contributed by atoms with Crippen molar-refractivity contribution in [1.82, 2.24) is 5.32 Å². The molecule has 4 nitrogen and oxygen atoms in total. The molecule has 18 heavy (non-hydrogen) atoms. The molecule has 1 N–H and O–H groups in total. The topological polar surface area (TPSA) is 47.6 Å². The first kappa shape index (κ1) is 13.7. The predicted molar refractivity (Wildman–Crippen MR) is 70.4 cm³/mol. The molecule has 0 heterocycles. The van der Waals surface area contributed by atoms with Crippen molar-refractivity contribution in [2.24, 2.45) is 0 Å². The molecule has 94 valence electrons. The highest BCUT2D eigenvalue weighted by Gasteiger charge is 2.02. The Kier molecular flexibility index (Phi) is 5.33. The number of rotatable bonds is 5. The predicted octanol–water partition coefficient (Wildman–Crippen LogP) is 1.47. The zero-order valence-corrected chi connectivity index (χ0v) is 10.4. The largest absolute Gasteiger partial charge is 0.493 e. The van der Waals surface area contributed by atoms with Gasteiger partial charge < -0.3 is 14.8 Å². The lowest BCUT2D eigenvalue weighted by molar-refractivity contribution is -0.116. The minimum Gasteiger partial charge on any atom is -0.493 e. The zero-order valence-electron chi connectivity index (χ0n) is 10.4. The van der Waals surface area contributed by atoms with E-state index in [2.05, 4.69) is 11.2 Å². The van der Waals surface area contributed by atoms with Gasteiger partial charge in [0.2, 0.25) is 5.91 Å². The summed E-state index contributed by atoms with van der Waals surface area (Å²) in [5.41, 5.74) is 0.837. The zero-order chi connectivity index (χ0) is 13.4. The van der Waals surface area contributed by atoms with Crippen molar-refractivity contribution in [2.75, 3.05) is 20.8 Å². The standard InChI is InChI=1S/C14H15NO3/c1-4-9-15-14(16)8-6-11-5-7-12(17-2)13(10-11)18-3/h1,5-8,10H,9H2,2-3H3,(H,15,16)/b8-6+. The van der Waals surface area contributed by atoms with Crippen LogP contribution in [0, 0.1) is 12.3 Å². The van der Waals surface area contributed by atoms with E-state index in [4.69, 9.17) is 15.9 Å². The molecule has 0 unspecified atom stereocenters. The SMILES string of the molecule is C#CCNC(=O)/C=C/c1ccc(OC)c(OC)c1. The Balaban J connectivity index is 2.76. The van der Waals surface area contributed by atoms with Gasteiger partial charge >= 0.3 is 0 Å². The normalized spacial score (nSPS) is 9.83. The summed E-state index contributed by atoms with van der Waals surface area (Å²) in [7, 11) is 3.13. The van der Waals surface area contributed by atoms with Crippen molar-refractivity contribution in [1.29, 1.82) is 0 Å². The molecule has 0 aliphatic heterocycles. The smallest absolute Gasteiger partial charge is 0.244 e. The van der Waals surface area contributed by atoms with Gasteiger partial charge in [0.1, 0.15) is 0 Å². The fourth-order valence-corrected chi connectivity index (χ4v) is 1.33. The number of terminal acetylenes is 1. The van der Waals surface area contributed by atoms with Crippen molar-refractivity contribution in [3.05, 3.63) is 29.8 Å². The summed E-state index contributed by atoms with van der Waals surface area (Å²) in [6.45, 7) is 0.217. The molecule has 0 aliphatic carbocycles. The van der Waals surface area contributed by atoms with Crippen molar-refractivity contribution in [3.63, 3.8) is 0 Å². The molecular formula is C14H15NO3. The van der Waals surface area contributed by atoms with Crippen molar-refractivity contribution in [3.8, 4) is 23.8 Å². The Morgan fingerprint density at radius 3 is 2.72 bits per heavy atom. The number of nitrogens with one attached hydrogen (secondary N) is 1. The van der Waals surface area contributed by atoms with E-state index < -0.39 is 0 Å². The fourth-order valence-electron chi connectivity index (χ4n) is 1.33. The van der Waals surface area contributed by atoms with E-state index in [9.17, 15) is 4.79 Å². The average Bonchev–Trinajstić information content (AvgIpc) is 2.42. The highest BCUT2D eigenvalue weighted by atomic mass is 16.5. The second kappa shape index (κ2) is 7.02. The van der Waals surface area contributed by atoms with Crippen LogP contribution in [0.25, 0.3) is 6.08 Å². The molecule has 0 atom stereocenters. The summed E-state index contributed by atoms with van der Waals surface area (Å²) >= 11 is 0. The summed E-state index contributed by atoms with van der Waals surface area (Å²) in [5.74, 6) is 3.35. The molecule has 0 saturated heterocycles. The molecule has 1 aromatic carbocycles. The minimum absolute atomic E-state index is 0.217. The van der Waals surface area contributed by atoms with Gasteiger partial charge in [-0.05, 0) is 23.8 Å². The lowest BCUT2D eigenvalue weighted by Gasteiger charge is -2.07. The molecule has 0 bridgehead atoms. The number of amides is 1. The molecule has 0 saturated carbocycles. The molecule has 0 aromatic heterocycles. The number of benzene rings is 1. The molecule has 1 rings (SSSR count). The molecule has 1 amide bonds. The van der Waals surface area contributed by atoms with E-state index in [0.29, 0.717) is 11.5 Å². The van der Waals surface area contributed by atoms with E-state index >= 15 is 0 Å². The maximum absolute atomic E-state index is 11.3. The van der Waals surface area contributed by atoms with Crippen LogP contribution in [-0.4, -0.2) is 26.7 Å². The monoisotopic (exact) mass is 245 g/mol. The highest BCUT2D eigenvalue weighted by Crippen LogP contribution is 2.27. The van der Waals surface area contributed by atoms with E-state index in [1.807, 2.05) is 6.07 Å². The molecular weight excluding hydrogens is 230 g/mol. The van der Waals surface area contributed by atoms with Crippen molar-refractivity contribution in [2.45, 2.75) is 0 Å². The second-order valence-electron chi connectivity index (χ2n) is 3.37. The Bertz CT molecular complexity index is 486. The minimum atomic E-state index is -0.234. The Hall–Kier alpha value is -2.41. The van der Waals surface area contributed by atoms with Crippen LogP contribution in [0.4, 0.5) is 0 Å². The summed E-state index contributed by atoms with van der Waals surface area (Å²) in [5, 5.41) is 2.54. The summed E-state index contributed by atoms with van der Waals surface area (Å²) in [4.78, 5) is 11.3. The van der Waals surface area contributed by atoms with E-state index in [1.54, 1.807) is 32.4 Å². The highest BCUT2D eigenvalue weighted by molar-refractivity contribution is 5.91. The summed E-state index contributed by atoms with van der Waals surface area (Å²) in [6.07, 6.45) is 8.12. The second-order valence-corrected chi connectivity index (χ2v) is 3.37. The fraction of sp³-hybridized carbons (Fsp3) is 0.214. The Morgan fingerprint density at radius 1 is 1.39 bits per heavy atom. The van der Waals surface area contributed by atoms with Crippen LogP contribution in [-0.2, 0) is 4.79 Å². The van der Waals surface area contributed by atoms with Crippen molar-refractivity contribution >= 4 is 12.0 Å². The Labute approximate surface area is 107 Å². The van der Waals surface area contributed by atoms with Crippen LogP contribution in [0.1, 0.15) is 5.56 Å². The van der Waals surface area contributed by atoms with Crippen LogP contribution < -0.4 is 14.8 Å². The molecule has 0 aliphatic rings. The number of carbonyl (C=O) groups is 1. The molecule has 4 heteroatoms. The molecule has 0 fully saturated rings. The van der Waals surface area contributed by atoms with Crippen LogP contribution in [0.15, 0.2) is 24.3 Å². The lowest BCUT2D eigenvalue weighted by Crippen LogP contribution is -2.20. The first-order valence-electron chi connectivity index (χ1n) is 5.32. The van der Waals surface area contributed by atoms with Crippen LogP contribution in [0.2, 0.25) is 0 Å². The number of hydrogen-bond acceptors (Lipinski definition) is 3. The quantitative estimate of drug-likeness (QED) is 0.631. The van der Waals surface area contributed by atoms with Crippen LogP contribution in [0.5, 0.6) is 11.5 Å². The summed E-state index contributed by atoms with van der Waals surface area (Å²) < 4.78 is 10.3. The molecule has 0 spiro atoms. The van der Waals surface area contributed by atoms with Gasteiger partial charge in [0.15, 0.2) is 11.5 Å². The summed E-state index contributed by atoms with van der Waals surface area (Å²) in [6, 6.07) is 5.38. The van der Waals surface area contributed by atoms with Gasteiger partial charge in [0.25, 0.3) is 0 Å². The molecule has 0 radical (unpaired) electrons. The average molecular weight is 245 g/mol. The van der Waals surface area contributed by atoms with Gasteiger partial charge in [-0.2, -0.15) is 0 Å². The van der Waals surface area contributed by atoms with Gasteiger partial charge in [-0.15, -0.1) is 6.42 Å². The molecule has 1 aromatic rings. The van der Waals surface area contributed by atoms with Gasteiger partial charge in [-0.3, -0.25) is 4.79 Å². The third-order valence-corrected chi connectivity index (χ3v) is 2.20. The van der Waals surface area contributed by atoms with Crippen molar-refractivity contribution < 1.29 is 14.3 Å². The van der Waals surface area contributed by atoms with E-state index in [-0.39, 0.29) is 12.5 Å². The number of ether oxygens (including phenoxy) is 2. The number of methoxy groups -OCH3 is 2. The van der Waals surface area contributed by atoms with E-state index in [0.717, 1.165) is 5.56 Å². The lowest BCUT2D eigenvalue weighted by atomic mass is 10.2. The number of hydrogen-bond donors (Lipinski definition) is 1. The number of carbonyl (C=O) groups excluding carboxylic acids is 1. The van der Waals surface area contributed by atoms with Gasteiger partial charge in [0, 0.05) is 6.08 Å². The maximum Gasteiger partial charge on any atom is 0.244 e. The maximum atomic E-state index is 11.3.